The molecule has 2 heterocycles. The first-order valence-electron chi connectivity index (χ1n) is 20.6. The molecule has 11 nitrogen and oxygen atoms in total. The fourth-order valence-corrected chi connectivity index (χ4v) is 9.63. The van der Waals surface area contributed by atoms with E-state index in [4.69, 9.17) is 26.1 Å². The molecule has 58 heavy (non-hydrogen) atoms. The summed E-state index contributed by atoms with van der Waals surface area (Å²) in [5.41, 5.74) is 1.04. The van der Waals surface area contributed by atoms with Gasteiger partial charge >= 0.3 is 0 Å². The topological polar surface area (TPSA) is 133 Å². The molecule has 3 fully saturated rings. The molecular weight excluding hydrogens is 754 g/mol. The number of ether oxygens (including phenoxy) is 2. The van der Waals surface area contributed by atoms with Gasteiger partial charge < -0.3 is 19.3 Å². The number of Topliss-reactive ketones (excluding diaryl/α,β-unsaturated/α-hetero) is 3. The summed E-state index contributed by atoms with van der Waals surface area (Å²) in [6.07, 6.45) is 5.70. The molecule has 0 N–H and O–H groups in total. The Morgan fingerprint density at radius 2 is 1.62 bits per heavy atom. The van der Waals surface area contributed by atoms with Crippen LogP contribution in [-0.2, 0) is 9.59 Å². The Balaban J connectivity index is 0.874. The molecule has 2 aromatic carbocycles. The lowest BCUT2D eigenvalue weighted by Crippen LogP contribution is -2.66. The quantitative estimate of drug-likeness (QED) is 0.0801. The van der Waals surface area contributed by atoms with Crippen LogP contribution >= 0.6 is 11.6 Å². The molecule has 1 unspecified atom stereocenters. The van der Waals surface area contributed by atoms with E-state index in [0.29, 0.717) is 65.6 Å². The summed E-state index contributed by atoms with van der Waals surface area (Å²) in [7, 11) is 0. The monoisotopic (exact) mass is 809 g/mol. The number of hydrogen-bond acceptors (Lipinski definition) is 10. The van der Waals surface area contributed by atoms with Crippen LogP contribution in [0.1, 0.15) is 106 Å². The van der Waals surface area contributed by atoms with Crippen molar-refractivity contribution in [3.63, 3.8) is 0 Å². The highest BCUT2D eigenvalue weighted by Gasteiger charge is 2.63. The molecule has 2 saturated carbocycles. The number of nitriles is 1. The summed E-state index contributed by atoms with van der Waals surface area (Å²) in [5.74, 6) is 1.99. The summed E-state index contributed by atoms with van der Waals surface area (Å²) < 4.78 is 12.4. The van der Waals surface area contributed by atoms with E-state index in [1.54, 1.807) is 53.6 Å². The minimum atomic E-state index is -0.533. The van der Waals surface area contributed by atoms with Crippen LogP contribution in [0.5, 0.6) is 11.5 Å². The highest BCUT2D eigenvalue weighted by Crippen LogP contribution is 2.61. The van der Waals surface area contributed by atoms with Crippen LogP contribution in [0.3, 0.4) is 0 Å². The van der Waals surface area contributed by atoms with Gasteiger partial charge in [0, 0.05) is 79.8 Å². The lowest BCUT2D eigenvalue weighted by Gasteiger charge is -2.63. The minimum Gasteiger partial charge on any atom is -0.494 e. The van der Waals surface area contributed by atoms with Crippen LogP contribution in [0.4, 0.5) is 5.82 Å². The molecule has 1 aliphatic heterocycles. The minimum absolute atomic E-state index is 0.0523. The van der Waals surface area contributed by atoms with E-state index in [0.717, 1.165) is 57.8 Å². The summed E-state index contributed by atoms with van der Waals surface area (Å²) in [4.78, 5) is 61.8. The first-order chi connectivity index (χ1) is 27.7. The van der Waals surface area contributed by atoms with Gasteiger partial charge in [-0.25, -0.2) is 4.98 Å². The number of carbonyl (C=O) groups is 4. The summed E-state index contributed by atoms with van der Waals surface area (Å²) in [5, 5.41) is 9.57. The predicted octanol–water partition coefficient (Wildman–Crippen LogP) is 7.83. The van der Waals surface area contributed by atoms with Crippen LogP contribution in [0.2, 0.25) is 5.02 Å². The first-order valence-corrected chi connectivity index (χ1v) is 21.0. The van der Waals surface area contributed by atoms with Gasteiger partial charge in [0.2, 0.25) is 0 Å². The lowest BCUT2D eigenvalue weighted by atomic mass is 9.44. The number of benzene rings is 2. The number of unbranched alkanes of at least 4 members (excludes halogenated alkanes) is 2. The number of aromatic nitrogens is 1. The van der Waals surface area contributed by atoms with Crippen LogP contribution in [0.25, 0.3) is 0 Å². The van der Waals surface area contributed by atoms with Crippen LogP contribution < -0.4 is 14.4 Å². The van der Waals surface area contributed by atoms with Gasteiger partial charge in [-0.1, -0.05) is 39.3 Å². The molecular formula is C46H56ClN5O6. The summed E-state index contributed by atoms with van der Waals surface area (Å²) in [6.45, 7) is 16.1. The third-order valence-corrected chi connectivity index (χ3v) is 12.8. The van der Waals surface area contributed by atoms with Crippen LogP contribution in [0.15, 0.2) is 60.8 Å². The molecule has 0 bridgehead atoms. The Hall–Kier alpha value is -4.79. The van der Waals surface area contributed by atoms with Crippen molar-refractivity contribution >= 4 is 40.7 Å². The number of nitrogens with zero attached hydrogens (tertiary/aromatic N) is 5. The van der Waals surface area contributed by atoms with E-state index in [9.17, 15) is 24.4 Å². The van der Waals surface area contributed by atoms with Gasteiger partial charge in [-0.15, -0.1) is 0 Å². The van der Waals surface area contributed by atoms with Crippen molar-refractivity contribution in [3.05, 3.63) is 82.5 Å². The van der Waals surface area contributed by atoms with Gasteiger partial charge in [-0.05, 0) is 93.6 Å². The highest BCUT2D eigenvalue weighted by atomic mass is 35.5. The number of piperazine rings is 1. The number of anilines is 1. The smallest absolute Gasteiger partial charge is 0.254 e. The SMILES string of the molecule is CCN(C(=O)c1ccc(OCCCCCN2CCN(c3ccc(C(=O)CC4C(C)(C)C(Oc5ccc(C#N)c(Cl)c5)C4(C)C)cn3)CC2)cc1)C1CCC(=O)CC1=O. The summed E-state index contributed by atoms with van der Waals surface area (Å²) >= 11 is 6.25. The van der Waals surface area contributed by atoms with E-state index in [2.05, 4.69) is 43.6 Å². The Bertz CT molecular complexity index is 1990. The molecule has 3 aromatic rings. The van der Waals surface area contributed by atoms with E-state index in [-0.39, 0.29) is 52.5 Å². The zero-order valence-electron chi connectivity index (χ0n) is 34.5. The molecule has 2 aliphatic carbocycles. The third-order valence-electron chi connectivity index (χ3n) is 12.5. The van der Waals surface area contributed by atoms with Crippen LogP contribution in [-0.4, -0.2) is 96.1 Å². The van der Waals surface area contributed by atoms with Crippen molar-refractivity contribution < 1.29 is 28.7 Å². The maximum absolute atomic E-state index is 13.5. The molecule has 0 radical (unpaired) electrons. The average molecular weight is 810 g/mol. The largest absolute Gasteiger partial charge is 0.494 e. The summed E-state index contributed by atoms with van der Waals surface area (Å²) in [6, 6.07) is 17.6. The second-order valence-corrected chi connectivity index (χ2v) is 17.5. The van der Waals surface area contributed by atoms with Gasteiger partial charge in [-0.2, -0.15) is 5.26 Å². The standard InChI is InChI=1S/C46H56ClN5O6/c1-6-52(38-18-14-34(53)26-40(38)55)43(56)31-10-15-35(16-11-31)57-25-9-7-8-20-50-21-23-51(24-22-50)42-19-13-33(30-49-42)39(54)28-41-45(2,3)44(46(41,4)5)58-36-17-12-32(29-48)37(47)27-36/h10-13,15-17,19,27,30,38,41,44H,6-9,14,18,20-26,28H2,1-5H3. The molecule has 3 aliphatic rings. The fraction of sp³-hybridized carbons (Fsp3) is 0.522. The van der Waals surface area contributed by atoms with E-state index >= 15 is 0 Å². The molecule has 1 atom stereocenters. The third kappa shape index (κ3) is 9.56. The maximum Gasteiger partial charge on any atom is 0.254 e. The number of likely N-dealkylation sites (N-methyl/N-ethyl adjacent to an activating group) is 1. The second-order valence-electron chi connectivity index (χ2n) is 17.1. The van der Waals surface area contributed by atoms with Gasteiger partial charge in [0.05, 0.1) is 29.7 Å². The lowest BCUT2D eigenvalue weighted by molar-refractivity contribution is -0.196. The van der Waals surface area contributed by atoms with Gasteiger partial charge in [-0.3, -0.25) is 24.1 Å². The Morgan fingerprint density at radius 1 is 0.931 bits per heavy atom. The Labute approximate surface area is 347 Å². The van der Waals surface area contributed by atoms with E-state index in [1.165, 1.54) is 0 Å². The van der Waals surface area contributed by atoms with Crippen molar-refractivity contribution in [1.82, 2.24) is 14.8 Å². The zero-order valence-corrected chi connectivity index (χ0v) is 35.2. The van der Waals surface area contributed by atoms with Crippen molar-refractivity contribution in [3.8, 4) is 17.6 Å². The van der Waals surface area contributed by atoms with Crippen molar-refractivity contribution in [1.29, 1.82) is 5.26 Å². The molecule has 1 amide bonds. The molecule has 1 saturated heterocycles. The van der Waals surface area contributed by atoms with Crippen molar-refractivity contribution in [2.75, 3.05) is 50.8 Å². The molecule has 0 spiro atoms. The Kier molecular flexibility index (Phi) is 13.6. The van der Waals surface area contributed by atoms with E-state index < -0.39 is 6.04 Å². The predicted molar refractivity (Wildman–Crippen MR) is 224 cm³/mol. The highest BCUT2D eigenvalue weighted by molar-refractivity contribution is 6.31. The number of amides is 1. The number of rotatable bonds is 16. The number of pyridine rings is 1. The second kappa shape index (κ2) is 18.4. The molecule has 6 rings (SSSR count). The number of ketones is 3. The number of carbonyl (C=O) groups excluding carboxylic acids is 4. The maximum atomic E-state index is 13.5. The fourth-order valence-electron chi connectivity index (χ4n) is 9.41. The molecule has 308 valence electrons. The van der Waals surface area contributed by atoms with Crippen LogP contribution in [0, 0.1) is 28.1 Å². The average Bonchev–Trinajstić information content (AvgIpc) is 3.21. The van der Waals surface area contributed by atoms with Crippen molar-refractivity contribution in [2.24, 2.45) is 16.7 Å². The Morgan fingerprint density at radius 3 is 2.24 bits per heavy atom. The first kappa shape index (κ1) is 42.8. The van der Waals surface area contributed by atoms with Gasteiger partial charge in [0.25, 0.3) is 5.91 Å². The van der Waals surface area contributed by atoms with Gasteiger partial charge in [0.15, 0.2) is 11.6 Å². The van der Waals surface area contributed by atoms with Gasteiger partial charge in [0.1, 0.15) is 35.3 Å². The zero-order chi connectivity index (χ0) is 41.6. The normalized spacial score (nSPS) is 21.5. The number of hydrogen-bond donors (Lipinski definition) is 0. The molecule has 12 heteroatoms. The molecule has 1 aromatic heterocycles. The van der Waals surface area contributed by atoms with E-state index in [1.807, 2.05) is 19.1 Å². The van der Waals surface area contributed by atoms with Crippen molar-refractivity contribution in [2.45, 2.75) is 91.7 Å². The number of halogens is 1.